The summed E-state index contributed by atoms with van der Waals surface area (Å²) in [5, 5.41) is 10.1. The molecule has 11 heteroatoms. The highest BCUT2D eigenvalue weighted by Gasteiger charge is 2.73. The highest BCUT2D eigenvalue weighted by atomic mass is 79.9. The zero-order chi connectivity index (χ0) is 29.1. The molecule has 1 fully saturated rings. The summed E-state index contributed by atoms with van der Waals surface area (Å²) in [6.07, 6.45) is -2.40. The minimum atomic E-state index is -5.12. The van der Waals surface area contributed by atoms with Crippen molar-refractivity contribution in [2.75, 3.05) is 0 Å². The fraction of sp³-hybridized carbons (Fsp3) is 0.500. The number of aliphatic carboxylic acids is 1. The second-order valence-corrected chi connectivity index (χ2v) is 13.1. The predicted molar refractivity (Wildman–Crippen MR) is 149 cm³/mol. The molecule has 1 N–H and O–H groups in total. The van der Waals surface area contributed by atoms with E-state index in [1.807, 2.05) is 20.8 Å². The highest BCUT2D eigenvalue weighted by Crippen LogP contribution is 2.63. The Kier molecular flexibility index (Phi) is 8.48. The number of rotatable bonds is 5. The summed E-state index contributed by atoms with van der Waals surface area (Å²) in [4.78, 5) is 17.8. The van der Waals surface area contributed by atoms with Crippen molar-refractivity contribution in [3.63, 3.8) is 0 Å². The Labute approximate surface area is 248 Å². The maximum Gasteiger partial charge on any atom is 0.404 e. The van der Waals surface area contributed by atoms with Crippen LogP contribution < -0.4 is 0 Å². The molecule has 0 amide bonds. The molecule has 212 valence electrons. The van der Waals surface area contributed by atoms with Gasteiger partial charge in [0.25, 0.3) is 0 Å². The molecule has 0 saturated heterocycles. The zero-order valence-corrected chi connectivity index (χ0v) is 25.2. The van der Waals surface area contributed by atoms with Crippen molar-refractivity contribution in [1.82, 2.24) is 0 Å². The molecule has 1 heterocycles. The van der Waals surface area contributed by atoms with Crippen LogP contribution in [0.3, 0.4) is 0 Å². The lowest BCUT2D eigenvalue weighted by atomic mass is 9.53. The van der Waals surface area contributed by atoms with Gasteiger partial charge in [0.15, 0.2) is 0 Å². The smallest absolute Gasteiger partial charge is 0.404 e. The molecule has 0 spiro atoms. The number of aliphatic imine (C=N–C) groups is 1. The molecule has 2 aromatic carbocycles. The third-order valence-electron chi connectivity index (χ3n) is 8.52. The summed E-state index contributed by atoms with van der Waals surface area (Å²) in [7, 11) is 0. The van der Waals surface area contributed by atoms with Crippen molar-refractivity contribution in [3.8, 4) is 0 Å². The maximum atomic E-state index is 15.4. The number of halogens is 8. The van der Waals surface area contributed by atoms with Crippen LogP contribution in [0.5, 0.6) is 0 Å². The molecule has 3 nitrogen and oxygen atoms in total. The quantitative estimate of drug-likeness (QED) is 0.254. The molecule has 4 rings (SSSR count). The minimum Gasteiger partial charge on any atom is -0.481 e. The SMILES string of the molecule is CC1CCC(C(C)C)C([C@@]2(c3ccc(F)c(Br)c3)N=CC(c3cc(Cl)c(Cl)c(Cl)c3)(C(F)(F)F)C2C(=O)O)C1. The molecule has 0 aromatic heterocycles. The third kappa shape index (κ3) is 4.91. The van der Waals surface area contributed by atoms with Crippen LogP contribution in [0.1, 0.15) is 51.2 Å². The lowest BCUT2D eigenvalue weighted by Crippen LogP contribution is -2.58. The van der Waals surface area contributed by atoms with Gasteiger partial charge in [-0.05, 0) is 87.8 Å². The number of benzene rings is 2. The van der Waals surface area contributed by atoms with Gasteiger partial charge in [-0.1, -0.05) is 68.1 Å². The van der Waals surface area contributed by atoms with Crippen LogP contribution in [0.2, 0.25) is 15.1 Å². The summed E-state index contributed by atoms with van der Waals surface area (Å²) in [5.74, 6) is -5.02. The summed E-state index contributed by atoms with van der Waals surface area (Å²) >= 11 is 21.5. The monoisotopic (exact) mass is 669 g/mol. The third-order valence-corrected chi connectivity index (χ3v) is 10.3. The van der Waals surface area contributed by atoms with Crippen molar-refractivity contribution in [2.45, 2.75) is 57.2 Å². The Morgan fingerprint density at radius 3 is 2.23 bits per heavy atom. The van der Waals surface area contributed by atoms with Gasteiger partial charge in [0.1, 0.15) is 22.7 Å². The predicted octanol–water partition coefficient (Wildman–Crippen LogP) is 9.74. The second-order valence-electron chi connectivity index (χ2n) is 11.0. The number of carbonyl (C=O) groups is 1. The standard InChI is InChI=1S/C28H27BrCl3F4NO2/c1-13(2)17-6-4-14(3)8-18(17)27(15-5-7-22(33)19(29)9-15)24(25(38)39)26(12-37-27,28(34,35)36)16-10-20(30)23(32)21(31)11-16/h5,7,9-14,17-18,24H,4,6,8H2,1-3H3,(H,38,39)/t14?,17?,18?,24?,26?,27-/m1/s1. The van der Waals surface area contributed by atoms with Crippen molar-refractivity contribution in [3.05, 3.63) is 66.8 Å². The summed E-state index contributed by atoms with van der Waals surface area (Å²) in [5.41, 5.74) is -5.25. The molecular weight excluding hydrogens is 645 g/mol. The van der Waals surface area contributed by atoms with E-state index in [2.05, 4.69) is 20.9 Å². The number of carboxylic acid groups (broad SMARTS) is 1. The van der Waals surface area contributed by atoms with Gasteiger partial charge in [-0.2, -0.15) is 13.2 Å². The average Bonchev–Trinajstić information content (AvgIpc) is 3.22. The van der Waals surface area contributed by atoms with Crippen LogP contribution in [0, 0.1) is 35.4 Å². The maximum absolute atomic E-state index is 15.4. The first-order valence-corrected chi connectivity index (χ1v) is 14.5. The summed E-state index contributed by atoms with van der Waals surface area (Å²) in [6.45, 7) is 5.96. The first-order valence-electron chi connectivity index (χ1n) is 12.5. The fourth-order valence-corrected chi connectivity index (χ4v) is 7.72. The van der Waals surface area contributed by atoms with Gasteiger partial charge in [-0.15, -0.1) is 0 Å². The molecule has 1 aliphatic carbocycles. The minimum absolute atomic E-state index is 0.00533. The molecule has 5 unspecified atom stereocenters. The van der Waals surface area contributed by atoms with E-state index in [1.165, 1.54) is 12.1 Å². The highest BCUT2D eigenvalue weighted by molar-refractivity contribution is 9.10. The van der Waals surface area contributed by atoms with Crippen LogP contribution in [-0.2, 0) is 15.7 Å². The van der Waals surface area contributed by atoms with E-state index in [-0.39, 0.29) is 42.9 Å². The zero-order valence-electron chi connectivity index (χ0n) is 21.3. The van der Waals surface area contributed by atoms with Gasteiger partial charge in [-0.3, -0.25) is 9.79 Å². The van der Waals surface area contributed by atoms with E-state index >= 15 is 13.2 Å². The molecule has 1 saturated carbocycles. The van der Waals surface area contributed by atoms with Gasteiger partial charge >= 0.3 is 12.1 Å². The van der Waals surface area contributed by atoms with E-state index < -0.39 is 46.3 Å². The molecule has 0 radical (unpaired) electrons. The lowest BCUT2D eigenvalue weighted by molar-refractivity contribution is -0.198. The normalized spacial score (nSPS) is 31.2. The number of nitrogens with zero attached hydrogens (tertiary/aromatic N) is 1. The molecule has 0 bridgehead atoms. The Bertz CT molecular complexity index is 1300. The molecule has 39 heavy (non-hydrogen) atoms. The van der Waals surface area contributed by atoms with Crippen molar-refractivity contribution < 1.29 is 27.5 Å². The molecular formula is C28H27BrCl3F4NO2. The van der Waals surface area contributed by atoms with Gasteiger partial charge in [0, 0.05) is 6.21 Å². The fourth-order valence-electron chi connectivity index (χ4n) is 6.74. The van der Waals surface area contributed by atoms with Crippen molar-refractivity contribution >= 4 is 62.9 Å². The number of alkyl halides is 3. The summed E-state index contributed by atoms with van der Waals surface area (Å²) < 4.78 is 60.7. The molecule has 6 atom stereocenters. The molecule has 2 aromatic rings. The van der Waals surface area contributed by atoms with E-state index in [1.54, 1.807) is 0 Å². The van der Waals surface area contributed by atoms with Crippen LogP contribution in [0.25, 0.3) is 0 Å². The summed E-state index contributed by atoms with van der Waals surface area (Å²) in [6, 6.07) is 5.83. The van der Waals surface area contributed by atoms with Gasteiger partial charge in [0.2, 0.25) is 0 Å². The van der Waals surface area contributed by atoms with Gasteiger partial charge in [0.05, 0.1) is 19.5 Å². The van der Waals surface area contributed by atoms with Crippen LogP contribution in [0.4, 0.5) is 17.6 Å². The number of hydrogen-bond donors (Lipinski definition) is 1. The second kappa shape index (κ2) is 10.8. The first kappa shape index (κ1) is 30.6. The van der Waals surface area contributed by atoms with E-state index in [4.69, 9.17) is 34.8 Å². The van der Waals surface area contributed by atoms with Crippen LogP contribution in [-0.4, -0.2) is 23.5 Å². The average molecular weight is 672 g/mol. The molecule has 2 aliphatic rings. The Hall–Kier alpha value is -1.35. The Balaban J connectivity index is 2.12. The van der Waals surface area contributed by atoms with Crippen molar-refractivity contribution in [2.24, 2.45) is 34.6 Å². The van der Waals surface area contributed by atoms with Crippen LogP contribution in [0.15, 0.2) is 39.8 Å². The van der Waals surface area contributed by atoms with E-state index in [0.29, 0.717) is 19.1 Å². The van der Waals surface area contributed by atoms with E-state index in [9.17, 15) is 14.3 Å². The number of hydrogen-bond acceptors (Lipinski definition) is 2. The topological polar surface area (TPSA) is 49.7 Å². The number of carboxylic acids is 1. The lowest BCUT2D eigenvalue weighted by Gasteiger charge is -2.50. The van der Waals surface area contributed by atoms with Gasteiger partial charge in [-0.25, -0.2) is 4.39 Å². The first-order chi connectivity index (χ1) is 18.1. The Morgan fingerprint density at radius 1 is 1.10 bits per heavy atom. The van der Waals surface area contributed by atoms with E-state index in [0.717, 1.165) is 24.6 Å². The Morgan fingerprint density at radius 2 is 1.72 bits per heavy atom. The van der Waals surface area contributed by atoms with Crippen molar-refractivity contribution in [1.29, 1.82) is 0 Å². The van der Waals surface area contributed by atoms with Gasteiger partial charge < -0.3 is 5.11 Å². The molecule has 1 aliphatic heterocycles. The largest absolute Gasteiger partial charge is 0.481 e. The van der Waals surface area contributed by atoms with Crippen LogP contribution >= 0.6 is 50.7 Å².